The lowest BCUT2D eigenvalue weighted by Gasteiger charge is -2.21. The fourth-order valence-corrected chi connectivity index (χ4v) is 2.75. The lowest BCUT2D eigenvalue weighted by atomic mass is 10.2. The Bertz CT molecular complexity index is 637. The minimum atomic E-state index is -0.428. The number of rotatable bonds is 1. The number of benzene rings is 1. The zero-order valence-electron chi connectivity index (χ0n) is 10.6. The summed E-state index contributed by atoms with van der Waals surface area (Å²) in [5.41, 5.74) is 1.39. The number of aliphatic hydroxyl groups is 1. The molecule has 2 N–H and O–H groups in total. The monoisotopic (exact) mass is 278 g/mol. The van der Waals surface area contributed by atoms with Crippen molar-refractivity contribution in [1.29, 1.82) is 0 Å². The third-order valence-electron chi connectivity index (χ3n) is 3.79. The molecule has 0 radical (unpaired) electrons. The van der Waals surface area contributed by atoms with E-state index in [-0.39, 0.29) is 11.9 Å². The average Bonchev–Trinajstić information content (AvgIpc) is 2.93. The van der Waals surface area contributed by atoms with Crippen molar-refractivity contribution in [3.05, 3.63) is 35.0 Å². The zero-order chi connectivity index (χ0) is 13.6. The number of H-pyrrole nitrogens is 1. The second kappa shape index (κ2) is 4.54. The molecule has 0 aliphatic carbocycles. The molecule has 1 aromatic carbocycles. The van der Waals surface area contributed by atoms with Gasteiger partial charge >= 0.3 is 0 Å². The van der Waals surface area contributed by atoms with Crippen molar-refractivity contribution in [3.8, 4) is 0 Å². The Morgan fingerprint density at radius 2 is 2.26 bits per heavy atom. The molecule has 2 aromatic rings. The Balaban J connectivity index is 1.93. The first-order valence-corrected chi connectivity index (χ1v) is 6.71. The minimum Gasteiger partial charge on any atom is -0.391 e. The second-order valence-electron chi connectivity index (χ2n) is 5.01. The Labute approximate surface area is 116 Å². The number of fused-ring (bicyclic) bond motifs is 1. The molecule has 4 nitrogen and oxygen atoms in total. The summed E-state index contributed by atoms with van der Waals surface area (Å²) in [7, 11) is 0. The van der Waals surface area contributed by atoms with E-state index in [0.29, 0.717) is 23.7 Å². The van der Waals surface area contributed by atoms with Gasteiger partial charge in [-0.2, -0.15) is 0 Å². The van der Waals surface area contributed by atoms with Crippen LogP contribution in [0, 0.1) is 0 Å². The van der Waals surface area contributed by atoms with E-state index in [1.807, 2.05) is 19.1 Å². The van der Waals surface area contributed by atoms with Gasteiger partial charge in [-0.05, 0) is 31.5 Å². The maximum atomic E-state index is 12.4. The van der Waals surface area contributed by atoms with Crippen LogP contribution in [0.2, 0.25) is 5.02 Å². The van der Waals surface area contributed by atoms with E-state index in [4.69, 9.17) is 11.6 Å². The number of hydrogen-bond donors (Lipinski definition) is 2. The third-order valence-corrected chi connectivity index (χ3v) is 4.03. The molecule has 1 aromatic heterocycles. The van der Waals surface area contributed by atoms with Gasteiger partial charge in [0.25, 0.3) is 5.91 Å². The molecule has 0 unspecified atom stereocenters. The lowest BCUT2D eigenvalue weighted by Crippen LogP contribution is -2.37. The molecule has 1 fully saturated rings. The summed E-state index contributed by atoms with van der Waals surface area (Å²) in [6.45, 7) is 2.46. The van der Waals surface area contributed by atoms with E-state index in [1.165, 1.54) is 0 Å². The molecule has 1 saturated heterocycles. The van der Waals surface area contributed by atoms with Crippen LogP contribution < -0.4 is 0 Å². The van der Waals surface area contributed by atoms with Crippen molar-refractivity contribution in [3.63, 3.8) is 0 Å². The van der Waals surface area contributed by atoms with Gasteiger partial charge in [-0.3, -0.25) is 4.79 Å². The number of hydrogen-bond acceptors (Lipinski definition) is 2. The summed E-state index contributed by atoms with van der Waals surface area (Å²) in [6.07, 6.45) is 0.210. The first-order chi connectivity index (χ1) is 9.06. The fraction of sp³-hybridized carbons (Fsp3) is 0.357. The standard InChI is InChI=1S/C14H15ClN2O2/c1-8-13(18)4-5-17(8)14(19)12-6-9-2-3-10(15)7-11(9)16-12/h2-3,6-8,13,16,18H,4-5H2,1H3/t8-,13-/m1/s1. The summed E-state index contributed by atoms with van der Waals surface area (Å²) in [5, 5.41) is 11.3. The van der Waals surface area contributed by atoms with E-state index in [1.54, 1.807) is 17.0 Å². The quantitative estimate of drug-likeness (QED) is 0.842. The van der Waals surface area contributed by atoms with Crippen molar-refractivity contribution in [1.82, 2.24) is 9.88 Å². The van der Waals surface area contributed by atoms with Crippen LogP contribution >= 0.6 is 11.6 Å². The predicted molar refractivity (Wildman–Crippen MR) is 74.4 cm³/mol. The maximum Gasteiger partial charge on any atom is 0.270 e. The van der Waals surface area contributed by atoms with Gasteiger partial charge in [-0.25, -0.2) is 0 Å². The number of amides is 1. The summed E-state index contributed by atoms with van der Waals surface area (Å²) < 4.78 is 0. The molecule has 2 atom stereocenters. The number of nitrogens with zero attached hydrogens (tertiary/aromatic N) is 1. The number of nitrogens with one attached hydrogen (secondary N) is 1. The molecule has 0 spiro atoms. The number of carbonyl (C=O) groups is 1. The molecule has 1 aliphatic heterocycles. The van der Waals surface area contributed by atoms with Crippen LogP contribution in [0.15, 0.2) is 24.3 Å². The second-order valence-corrected chi connectivity index (χ2v) is 5.45. The highest BCUT2D eigenvalue weighted by molar-refractivity contribution is 6.31. The van der Waals surface area contributed by atoms with E-state index in [2.05, 4.69) is 4.98 Å². The van der Waals surface area contributed by atoms with Gasteiger partial charge in [0, 0.05) is 22.5 Å². The van der Waals surface area contributed by atoms with Gasteiger partial charge in [0.2, 0.25) is 0 Å². The molecule has 5 heteroatoms. The summed E-state index contributed by atoms with van der Waals surface area (Å²) in [4.78, 5) is 17.2. The number of carbonyl (C=O) groups excluding carboxylic acids is 1. The molecule has 1 amide bonds. The minimum absolute atomic E-state index is 0.0728. The SMILES string of the molecule is C[C@@H]1[C@H](O)CCN1C(=O)c1cc2ccc(Cl)cc2[nH]1. The van der Waals surface area contributed by atoms with E-state index in [9.17, 15) is 9.90 Å². The van der Waals surface area contributed by atoms with Crippen LogP contribution in [0.3, 0.4) is 0 Å². The van der Waals surface area contributed by atoms with Crippen LogP contribution in [-0.2, 0) is 0 Å². The summed E-state index contributed by atoms with van der Waals surface area (Å²) in [5.74, 6) is -0.0728. The van der Waals surface area contributed by atoms with Gasteiger partial charge in [0.05, 0.1) is 12.1 Å². The highest BCUT2D eigenvalue weighted by Crippen LogP contribution is 2.24. The Kier molecular flexibility index (Phi) is 2.99. The Morgan fingerprint density at radius 1 is 1.47 bits per heavy atom. The molecule has 0 bridgehead atoms. The highest BCUT2D eigenvalue weighted by Gasteiger charge is 2.33. The van der Waals surface area contributed by atoms with Crippen LogP contribution in [0.1, 0.15) is 23.8 Å². The zero-order valence-corrected chi connectivity index (χ0v) is 11.3. The normalized spacial score (nSPS) is 23.2. The lowest BCUT2D eigenvalue weighted by molar-refractivity contribution is 0.0662. The smallest absolute Gasteiger partial charge is 0.270 e. The summed E-state index contributed by atoms with van der Waals surface area (Å²) in [6, 6.07) is 7.17. The maximum absolute atomic E-state index is 12.4. The van der Waals surface area contributed by atoms with Crippen LogP contribution in [0.5, 0.6) is 0 Å². The molecule has 2 heterocycles. The molecule has 0 saturated carbocycles. The highest BCUT2D eigenvalue weighted by atomic mass is 35.5. The first kappa shape index (κ1) is 12.5. The Hall–Kier alpha value is -1.52. The van der Waals surface area contributed by atoms with Gasteiger partial charge < -0.3 is 15.0 Å². The summed E-state index contributed by atoms with van der Waals surface area (Å²) >= 11 is 5.93. The number of likely N-dealkylation sites (tertiary alicyclic amines) is 1. The van der Waals surface area contributed by atoms with Crippen molar-refractivity contribution >= 4 is 28.4 Å². The van der Waals surface area contributed by atoms with Gasteiger partial charge in [-0.1, -0.05) is 17.7 Å². The van der Waals surface area contributed by atoms with E-state index in [0.717, 1.165) is 10.9 Å². The number of halogens is 1. The van der Waals surface area contributed by atoms with E-state index >= 15 is 0 Å². The number of aliphatic hydroxyl groups excluding tert-OH is 1. The van der Waals surface area contributed by atoms with Crippen molar-refractivity contribution in [2.24, 2.45) is 0 Å². The number of aromatic amines is 1. The van der Waals surface area contributed by atoms with Crippen molar-refractivity contribution < 1.29 is 9.90 Å². The van der Waals surface area contributed by atoms with Gasteiger partial charge in [-0.15, -0.1) is 0 Å². The van der Waals surface area contributed by atoms with Gasteiger partial charge in [0.1, 0.15) is 5.69 Å². The average molecular weight is 279 g/mol. The first-order valence-electron chi connectivity index (χ1n) is 6.33. The van der Waals surface area contributed by atoms with Crippen LogP contribution in [-0.4, -0.2) is 39.6 Å². The van der Waals surface area contributed by atoms with Crippen LogP contribution in [0.25, 0.3) is 10.9 Å². The Morgan fingerprint density at radius 3 is 2.95 bits per heavy atom. The molecule has 3 rings (SSSR count). The molecular weight excluding hydrogens is 264 g/mol. The number of aromatic nitrogens is 1. The topological polar surface area (TPSA) is 56.3 Å². The van der Waals surface area contributed by atoms with Crippen molar-refractivity contribution in [2.45, 2.75) is 25.5 Å². The molecule has 1 aliphatic rings. The molecule has 19 heavy (non-hydrogen) atoms. The van der Waals surface area contributed by atoms with Crippen molar-refractivity contribution in [2.75, 3.05) is 6.54 Å². The molecular formula is C14H15ClN2O2. The molecule has 100 valence electrons. The van der Waals surface area contributed by atoms with Gasteiger partial charge in [0.15, 0.2) is 0 Å². The predicted octanol–water partition coefficient (Wildman–Crippen LogP) is 2.42. The van der Waals surface area contributed by atoms with Crippen LogP contribution in [0.4, 0.5) is 0 Å². The fourth-order valence-electron chi connectivity index (χ4n) is 2.58. The largest absolute Gasteiger partial charge is 0.391 e. The van der Waals surface area contributed by atoms with E-state index < -0.39 is 6.10 Å². The third kappa shape index (κ3) is 2.11.